The SMILES string of the molecule is CC(C)C(=O)OC(Cc1ccccc1)C(C)(C)C(c1cccc(C(=O)O)c1C(=O)O)C(C)C. The summed E-state index contributed by atoms with van der Waals surface area (Å²) in [6.07, 6.45) is -0.103. The van der Waals surface area contributed by atoms with Crippen LogP contribution in [0.2, 0.25) is 0 Å². The molecule has 33 heavy (non-hydrogen) atoms. The number of aromatic carboxylic acids is 2. The number of esters is 1. The van der Waals surface area contributed by atoms with Gasteiger partial charge in [0.25, 0.3) is 0 Å². The molecular weight excluding hydrogens is 420 g/mol. The molecule has 0 aromatic heterocycles. The Morgan fingerprint density at radius 2 is 1.48 bits per heavy atom. The maximum atomic E-state index is 12.6. The Morgan fingerprint density at radius 3 is 1.97 bits per heavy atom. The number of benzene rings is 2. The van der Waals surface area contributed by atoms with E-state index in [9.17, 15) is 24.6 Å². The first-order valence-corrected chi connectivity index (χ1v) is 11.2. The van der Waals surface area contributed by atoms with Gasteiger partial charge in [0.05, 0.1) is 17.0 Å². The normalized spacial score (nSPS) is 13.6. The molecular formula is C27H34O6. The first kappa shape index (κ1) is 26.1. The minimum absolute atomic E-state index is 0.0572. The minimum Gasteiger partial charge on any atom is -0.478 e. The Labute approximate surface area is 195 Å². The number of ether oxygens (including phenoxy) is 1. The highest BCUT2D eigenvalue weighted by Gasteiger charge is 2.44. The number of carbonyl (C=O) groups is 3. The Hall–Kier alpha value is -3.15. The van der Waals surface area contributed by atoms with E-state index < -0.39 is 29.4 Å². The highest BCUT2D eigenvalue weighted by Crippen LogP contribution is 2.47. The fourth-order valence-corrected chi connectivity index (χ4v) is 4.63. The van der Waals surface area contributed by atoms with Crippen molar-refractivity contribution in [2.45, 2.75) is 60.0 Å². The van der Waals surface area contributed by atoms with E-state index in [4.69, 9.17) is 4.74 Å². The number of hydrogen-bond donors (Lipinski definition) is 2. The van der Waals surface area contributed by atoms with Crippen molar-refractivity contribution in [2.75, 3.05) is 0 Å². The van der Waals surface area contributed by atoms with Gasteiger partial charge in [-0.3, -0.25) is 4.79 Å². The molecule has 0 spiro atoms. The summed E-state index contributed by atoms with van der Waals surface area (Å²) in [5.41, 5.74) is 0.245. The van der Waals surface area contributed by atoms with Gasteiger partial charge >= 0.3 is 17.9 Å². The molecule has 6 nitrogen and oxygen atoms in total. The molecule has 0 fully saturated rings. The fourth-order valence-electron chi connectivity index (χ4n) is 4.63. The number of carbonyl (C=O) groups excluding carboxylic acids is 1. The monoisotopic (exact) mass is 454 g/mol. The van der Waals surface area contributed by atoms with Crippen LogP contribution in [0.3, 0.4) is 0 Å². The predicted octanol–water partition coefficient (Wildman–Crippen LogP) is 5.66. The van der Waals surface area contributed by atoms with Gasteiger partial charge in [0, 0.05) is 11.8 Å². The maximum absolute atomic E-state index is 12.6. The number of rotatable bonds is 10. The summed E-state index contributed by atoms with van der Waals surface area (Å²) < 4.78 is 6.01. The predicted molar refractivity (Wildman–Crippen MR) is 127 cm³/mol. The van der Waals surface area contributed by atoms with E-state index in [0.717, 1.165) is 5.56 Å². The Bertz CT molecular complexity index is 991. The van der Waals surface area contributed by atoms with Crippen molar-refractivity contribution < 1.29 is 29.3 Å². The summed E-state index contributed by atoms with van der Waals surface area (Å²) in [5, 5.41) is 19.5. The zero-order valence-corrected chi connectivity index (χ0v) is 20.2. The summed E-state index contributed by atoms with van der Waals surface area (Å²) in [7, 11) is 0. The van der Waals surface area contributed by atoms with E-state index in [2.05, 4.69) is 0 Å². The molecule has 0 saturated carbocycles. The van der Waals surface area contributed by atoms with Crippen molar-refractivity contribution in [3.8, 4) is 0 Å². The van der Waals surface area contributed by atoms with Crippen molar-refractivity contribution in [1.29, 1.82) is 0 Å². The molecule has 2 rings (SSSR count). The quantitative estimate of drug-likeness (QED) is 0.449. The van der Waals surface area contributed by atoms with Crippen molar-refractivity contribution in [1.82, 2.24) is 0 Å². The maximum Gasteiger partial charge on any atom is 0.336 e. The van der Waals surface area contributed by atoms with Crippen LogP contribution in [0.1, 0.15) is 79.3 Å². The van der Waals surface area contributed by atoms with Crippen molar-refractivity contribution in [3.63, 3.8) is 0 Å². The smallest absolute Gasteiger partial charge is 0.336 e. The van der Waals surface area contributed by atoms with Crippen molar-refractivity contribution >= 4 is 17.9 Å². The summed E-state index contributed by atoms with van der Waals surface area (Å²) in [4.78, 5) is 36.6. The van der Waals surface area contributed by atoms with Crippen LogP contribution < -0.4 is 0 Å². The number of carboxylic acid groups (broad SMARTS) is 2. The first-order chi connectivity index (χ1) is 15.4. The highest BCUT2D eigenvalue weighted by molar-refractivity contribution is 6.03. The van der Waals surface area contributed by atoms with Gasteiger partial charge in [-0.25, -0.2) is 9.59 Å². The number of carboxylic acids is 2. The lowest BCUT2D eigenvalue weighted by molar-refractivity contribution is -0.160. The molecule has 2 N–H and O–H groups in total. The molecule has 0 amide bonds. The van der Waals surface area contributed by atoms with Gasteiger partial charge in [0.1, 0.15) is 6.10 Å². The zero-order valence-electron chi connectivity index (χ0n) is 20.2. The van der Waals surface area contributed by atoms with E-state index in [1.807, 2.05) is 58.0 Å². The lowest BCUT2D eigenvalue weighted by Crippen LogP contribution is -2.43. The van der Waals surface area contributed by atoms with E-state index in [0.29, 0.717) is 12.0 Å². The summed E-state index contributed by atoms with van der Waals surface area (Å²) in [5.74, 6) is -3.68. The van der Waals surface area contributed by atoms with Crippen LogP contribution in [-0.4, -0.2) is 34.2 Å². The van der Waals surface area contributed by atoms with Crippen molar-refractivity contribution in [2.24, 2.45) is 17.3 Å². The molecule has 178 valence electrons. The third-order valence-corrected chi connectivity index (χ3v) is 6.17. The van der Waals surface area contributed by atoms with E-state index in [1.165, 1.54) is 6.07 Å². The van der Waals surface area contributed by atoms with E-state index in [1.54, 1.807) is 26.0 Å². The summed E-state index contributed by atoms with van der Waals surface area (Å²) >= 11 is 0. The summed E-state index contributed by atoms with van der Waals surface area (Å²) in [6, 6.07) is 14.2. The minimum atomic E-state index is -1.29. The Morgan fingerprint density at radius 1 is 0.879 bits per heavy atom. The third kappa shape index (κ3) is 6.01. The van der Waals surface area contributed by atoms with Gasteiger partial charge in [-0.1, -0.05) is 84.0 Å². The average Bonchev–Trinajstić information content (AvgIpc) is 2.73. The molecule has 0 heterocycles. The Balaban J connectivity index is 2.66. The zero-order chi connectivity index (χ0) is 24.9. The average molecular weight is 455 g/mol. The topological polar surface area (TPSA) is 101 Å². The lowest BCUT2D eigenvalue weighted by Gasteiger charge is -2.43. The van der Waals surface area contributed by atoms with Crippen LogP contribution in [0.15, 0.2) is 48.5 Å². The van der Waals surface area contributed by atoms with Gasteiger partial charge in [0.15, 0.2) is 0 Å². The molecule has 0 aliphatic rings. The van der Waals surface area contributed by atoms with Crippen molar-refractivity contribution in [3.05, 3.63) is 70.8 Å². The second kappa shape index (κ2) is 10.6. The largest absolute Gasteiger partial charge is 0.478 e. The molecule has 0 aliphatic heterocycles. The third-order valence-electron chi connectivity index (χ3n) is 6.17. The molecule has 2 aromatic carbocycles. The van der Waals surface area contributed by atoms with E-state index >= 15 is 0 Å². The van der Waals surface area contributed by atoms with Crippen LogP contribution >= 0.6 is 0 Å². The van der Waals surface area contributed by atoms with Gasteiger partial charge in [0.2, 0.25) is 0 Å². The van der Waals surface area contributed by atoms with Gasteiger partial charge < -0.3 is 14.9 Å². The molecule has 0 saturated heterocycles. The molecule has 0 bridgehead atoms. The van der Waals surface area contributed by atoms with Crippen LogP contribution in [0.25, 0.3) is 0 Å². The first-order valence-electron chi connectivity index (χ1n) is 11.2. The highest BCUT2D eigenvalue weighted by atomic mass is 16.5. The second-order valence-corrected chi connectivity index (χ2v) is 9.69. The number of hydrogen-bond acceptors (Lipinski definition) is 4. The van der Waals surface area contributed by atoms with Crippen LogP contribution in [0.4, 0.5) is 0 Å². The fraction of sp³-hybridized carbons (Fsp3) is 0.444. The van der Waals surface area contributed by atoms with E-state index in [-0.39, 0.29) is 28.9 Å². The van der Waals surface area contributed by atoms with Gasteiger partial charge in [-0.05, 0) is 29.0 Å². The molecule has 0 radical (unpaired) electrons. The summed E-state index contributed by atoms with van der Waals surface area (Å²) in [6.45, 7) is 11.4. The van der Waals surface area contributed by atoms with Gasteiger partial charge in [-0.15, -0.1) is 0 Å². The van der Waals surface area contributed by atoms with Gasteiger partial charge in [-0.2, -0.15) is 0 Å². The molecule has 2 atom stereocenters. The lowest BCUT2D eigenvalue weighted by atomic mass is 9.64. The molecule has 6 heteroatoms. The molecule has 0 aliphatic carbocycles. The van der Waals surface area contributed by atoms with Crippen LogP contribution in [0, 0.1) is 17.3 Å². The standard InChI is InChI=1S/C27H34O6/c1-16(2)23(19-13-10-14-20(24(28)29)22(19)25(30)31)27(5,6)21(33-26(32)17(3)4)15-18-11-8-7-9-12-18/h7-14,16-17,21,23H,15H2,1-6H3,(H,28,29)(H,30,31). The van der Waals surface area contributed by atoms with Crippen LogP contribution in [0.5, 0.6) is 0 Å². The molecule has 2 aromatic rings. The second-order valence-electron chi connectivity index (χ2n) is 9.69. The molecule has 2 unspecified atom stereocenters. The Kier molecular flexibility index (Phi) is 8.42. The van der Waals surface area contributed by atoms with Crippen LogP contribution in [-0.2, 0) is 16.0 Å².